The Morgan fingerprint density at radius 2 is 2.33 bits per heavy atom. The highest BCUT2D eigenvalue weighted by Gasteiger charge is 2.18. The summed E-state index contributed by atoms with van der Waals surface area (Å²) in [5, 5.41) is 7.78. The van der Waals surface area contributed by atoms with Gasteiger partial charge in [0.15, 0.2) is 0 Å². The maximum Gasteiger partial charge on any atom is 0.138 e. The molecule has 1 N–H and O–H groups in total. The molecule has 2 aromatic rings. The van der Waals surface area contributed by atoms with Crippen molar-refractivity contribution in [2.75, 3.05) is 13.7 Å². The lowest BCUT2D eigenvalue weighted by atomic mass is 10.1. The van der Waals surface area contributed by atoms with E-state index in [9.17, 15) is 0 Å². The number of nitrogens with zero attached hydrogens (tertiary/aromatic N) is 3. The Morgan fingerprint density at radius 1 is 1.43 bits per heavy atom. The molecule has 0 bridgehead atoms. The first-order valence-corrected chi connectivity index (χ1v) is 7.26. The van der Waals surface area contributed by atoms with Crippen LogP contribution >= 0.6 is 0 Å². The number of aromatic nitrogens is 3. The molecule has 21 heavy (non-hydrogen) atoms. The summed E-state index contributed by atoms with van der Waals surface area (Å²) in [6.45, 7) is 1.74. The van der Waals surface area contributed by atoms with Gasteiger partial charge in [0.05, 0.1) is 13.7 Å². The summed E-state index contributed by atoms with van der Waals surface area (Å²) in [7, 11) is 1.70. The summed E-state index contributed by atoms with van der Waals surface area (Å²) in [5.41, 5.74) is 1.10. The number of hydrogen-bond donors (Lipinski definition) is 1. The minimum Gasteiger partial charge on any atom is -0.496 e. The third-order valence-electron chi connectivity index (χ3n) is 3.77. The summed E-state index contributed by atoms with van der Waals surface area (Å²) >= 11 is 0. The van der Waals surface area contributed by atoms with Crippen LogP contribution in [0.5, 0.6) is 5.75 Å². The first kappa shape index (κ1) is 13.8. The first-order valence-electron chi connectivity index (χ1n) is 7.26. The molecule has 0 unspecified atom stereocenters. The fraction of sp³-hybridized carbons (Fsp3) is 0.375. The van der Waals surface area contributed by atoms with E-state index in [-0.39, 0.29) is 0 Å². The van der Waals surface area contributed by atoms with E-state index < -0.39 is 0 Å². The fourth-order valence-electron chi connectivity index (χ4n) is 2.63. The number of fused-ring (bicyclic) bond motifs is 1. The third-order valence-corrected chi connectivity index (χ3v) is 3.77. The van der Waals surface area contributed by atoms with Crippen LogP contribution in [0.3, 0.4) is 0 Å². The minimum atomic E-state index is 0.460. The lowest BCUT2D eigenvalue weighted by Crippen LogP contribution is -2.37. The lowest BCUT2D eigenvalue weighted by Gasteiger charge is -2.23. The highest BCUT2D eigenvalue weighted by Crippen LogP contribution is 2.18. The molecule has 110 valence electrons. The topological polar surface area (TPSA) is 52.0 Å². The zero-order chi connectivity index (χ0) is 14.5. The van der Waals surface area contributed by atoms with Crippen LogP contribution in [0.2, 0.25) is 0 Å². The summed E-state index contributed by atoms with van der Waals surface area (Å²) in [6.07, 6.45) is 7.97. The monoisotopic (exact) mass is 284 g/mol. The van der Waals surface area contributed by atoms with Gasteiger partial charge in [-0.2, -0.15) is 5.10 Å². The molecule has 2 heterocycles. The summed E-state index contributed by atoms with van der Waals surface area (Å²) < 4.78 is 7.32. The molecule has 5 nitrogen and oxygen atoms in total. The maximum absolute atomic E-state index is 5.33. The van der Waals surface area contributed by atoms with Crippen molar-refractivity contribution in [1.82, 2.24) is 20.1 Å². The quantitative estimate of drug-likeness (QED) is 0.911. The minimum absolute atomic E-state index is 0.460. The van der Waals surface area contributed by atoms with Crippen LogP contribution in [0, 0.1) is 0 Å². The molecule has 5 heteroatoms. The second-order valence-electron chi connectivity index (χ2n) is 5.15. The van der Waals surface area contributed by atoms with E-state index in [4.69, 9.17) is 4.74 Å². The van der Waals surface area contributed by atoms with Crippen LogP contribution in [-0.2, 0) is 13.0 Å². The van der Waals surface area contributed by atoms with E-state index in [0.717, 1.165) is 43.1 Å². The number of benzene rings is 1. The Kier molecular flexibility index (Phi) is 4.31. The number of aryl methyl sites for hydroxylation is 1. The van der Waals surface area contributed by atoms with Gasteiger partial charge in [0.2, 0.25) is 0 Å². The normalized spacial score (nSPS) is 17.9. The van der Waals surface area contributed by atoms with Gasteiger partial charge in [0.25, 0.3) is 0 Å². The smallest absolute Gasteiger partial charge is 0.138 e. The van der Waals surface area contributed by atoms with Crippen LogP contribution in [0.25, 0.3) is 6.08 Å². The molecule has 0 spiro atoms. The van der Waals surface area contributed by atoms with Crippen LogP contribution in [0.1, 0.15) is 17.8 Å². The van der Waals surface area contributed by atoms with Crippen molar-refractivity contribution in [2.24, 2.45) is 0 Å². The van der Waals surface area contributed by atoms with Gasteiger partial charge >= 0.3 is 0 Å². The highest BCUT2D eigenvalue weighted by molar-refractivity contribution is 5.57. The molecule has 0 saturated carbocycles. The van der Waals surface area contributed by atoms with Gasteiger partial charge in [0, 0.05) is 24.6 Å². The summed E-state index contributed by atoms with van der Waals surface area (Å²) in [6, 6.07) is 8.48. The Bertz CT molecular complexity index is 620. The molecule has 0 amide bonds. The highest BCUT2D eigenvalue weighted by atomic mass is 16.5. The number of rotatable bonds is 5. The van der Waals surface area contributed by atoms with E-state index >= 15 is 0 Å². The van der Waals surface area contributed by atoms with Gasteiger partial charge in [-0.3, -0.25) is 0 Å². The average molecular weight is 284 g/mol. The van der Waals surface area contributed by atoms with Crippen molar-refractivity contribution in [2.45, 2.75) is 25.4 Å². The van der Waals surface area contributed by atoms with E-state index in [1.807, 2.05) is 22.9 Å². The van der Waals surface area contributed by atoms with E-state index in [1.165, 1.54) is 0 Å². The number of para-hydroxylation sites is 1. The first-order chi connectivity index (χ1) is 10.4. The van der Waals surface area contributed by atoms with Crippen molar-refractivity contribution in [3.8, 4) is 5.75 Å². The molecule has 1 aromatic heterocycles. The summed E-state index contributed by atoms with van der Waals surface area (Å²) in [4.78, 5) is 4.24. The number of methoxy groups -OCH3 is 1. The average Bonchev–Trinajstić information content (AvgIpc) is 2.99. The lowest BCUT2D eigenvalue weighted by molar-refractivity contribution is 0.369. The maximum atomic E-state index is 5.33. The Balaban J connectivity index is 1.51. The van der Waals surface area contributed by atoms with Crippen molar-refractivity contribution in [3.63, 3.8) is 0 Å². The van der Waals surface area contributed by atoms with Gasteiger partial charge in [-0.25, -0.2) is 9.67 Å². The van der Waals surface area contributed by atoms with Crippen LogP contribution in [0.15, 0.2) is 36.7 Å². The SMILES string of the molecule is COc1ccccc1/C=C/CN[C@@H]1CCc2ncnn2C1. The standard InChI is InChI=1S/C16H20N4O/c1-21-15-7-3-2-5-13(15)6-4-10-17-14-8-9-16-18-12-19-20(16)11-14/h2-7,12,14,17H,8-11H2,1H3/b6-4+/t14-/m1/s1. The molecule has 0 radical (unpaired) electrons. The molecule has 1 aliphatic heterocycles. The van der Waals surface area contributed by atoms with E-state index in [2.05, 4.69) is 33.6 Å². The molecule has 0 saturated heterocycles. The van der Waals surface area contributed by atoms with Gasteiger partial charge in [-0.1, -0.05) is 30.4 Å². The van der Waals surface area contributed by atoms with E-state index in [0.29, 0.717) is 6.04 Å². The van der Waals surface area contributed by atoms with Gasteiger partial charge in [-0.05, 0) is 12.5 Å². The fourth-order valence-corrected chi connectivity index (χ4v) is 2.63. The number of nitrogens with one attached hydrogen (secondary N) is 1. The van der Waals surface area contributed by atoms with Crippen LogP contribution in [0.4, 0.5) is 0 Å². The van der Waals surface area contributed by atoms with Crippen molar-refractivity contribution >= 4 is 6.08 Å². The van der Waals surface area contributed by atoms with Crippen LogP contribution < -0.4 is 10.1 Å². The zero-order valence-electron chi connectivity index (χ0n) is 12.2. The predicted octanol–water partition coefficient (Wildman–Crippen LogP) is 1.90. The summed E-state index contributed by atoms with van der Waals surface area (Å²) in [5.74, 6) is 2.00. The molecular formula is C16H20N4O. The number of ether oxygens (including phenoxy) is 1. The van der Waals surface area contributed by atoms with Gasteiger partial charge < -0.3 is 10.1 Å². The third kappa shape index (κ3) is 3.31. The molecule has 0 fully saturated rings. The van der Waals surface area contributed by atoms with Crippen LogP contribution in [-0.4, -0.2) is 34.5 Å². The largest absolute Gasteiger partial charge is 0.496 e. The number of hydrogen-bond acceptors (Lipinski definition) is 4. The predicted molar refractivity (Wildman–Crippen MR) is 82.2 cm³/mol. The molecular weight excluding hydrogens is 264 g/mol. The van der Waals surface area contributed by atoms with Gasteiger partial charge in [-0.15, -0.1) is 0 Å². The molecule has 1 aromatic carbocycles. The zero-order valence-corrected chi connectivity index (χ0v) is 12.2. The second kappa shape index (κ2) is 6.54. The van der Waals surface area contributed by atoms with Crippen molar-refractivity contribution in [3.05, 3.63) is 48.1 Å². The Hall–Kier alpha value is -2.14. The second-order valence-corrected chi connectivity index (χ2v) is 5.15. The van der Waals surface area contributed by atoms with E-state index in [1.54, 1.807) is 13.4 Å². The van der Waals surface area contributed by atoms with Gasteiger partial charge in [0.1, 0.15) is 17.9 Å². The Labute approximate surface area is 124 Å². The molecule has 1 aliphatic rings. The molecule has 3 rings (SSSR count). The molecule has 1 atom stereocenters. The Morgan fingerprint density at radius 3 is 3.24 bits per heavy atom. The van der Waals surface area contributed by atoms with Crippen molar-refractivity contribution < 1.29 is 4.74 Å². The van der Waals surface area contributed by atoms with Crippen molar-refractivity contribution in [1.29, 1.82) is 0 Å². The molecule has 0 aliphatic carbocycles.